The van der Waals surface area contributed by atoms with Crippen LogP contribution in [-0.2, 0) is 0 Å². The van der Waals surface area contributed by atoms with Crippen LogP contribution in [0.4, 0.5) is 5.13 Å². The predicted octanol–water partition coefficient (Wildman–Crippen LogP) is 4.68. The quantitative estimate of drug-likeness (QED) is 0.538. The molecule has 3 rings (SSSR count). The normalized spacial score (nSPS) is 11.7. The summed E-state index contributed by atoms with van der Waals surface area (Å²) < 4.78 is 2.90. The summed E-state index contributed by atoms with van der Waals surface area (Å²) in [4.78, 5) is 22.6. The van der Waals surface area contributed by atoms with Crippen molar-refractivity contribution >= 4 is 32.6 Å². The van der Waals surface area contributed by atoms with Gasteiger partial charge in [-0.25, -0.2) is 4.98 Å². The van der Waals surface area contributed by atoms with Crippen molar-refractivity contribution in [2.24, 2.45) is 0 Å². The standard InChI is InChI=1S/C22H31N5OS/c1-7-25(8-2)13-14-26(21(28)18-11-12-23-27(18)15(3)4)22-24-20-17(6)16(5)9-10-19(20)29-22/h9-12,15H,7-8,13-14H2,1-6H3. The maximum absolute atomic E-state index is 13.6. The third-order valence-corrected chi connectivity index (χ3v) is 6.51. The lowest BCUT2D eigenvalue weighted by molar-refractivity contribution is 0.0971. The van der Waals surface area contributed by atoms with Crippen LogP contribution in [0.3, 0.4) is 0 Å². The Bertz CT molecular complexity index is 986. The molecule has 0 fully saturated rings. The van der Waals surface area contributed by atoms with Gasteiger partial charge in [0.2, 0.25) is 0 Å². The van der Waals surface area contributed by atoms with Crippen LogP contribution in [0.1, 0.15) is 55.4 Å². The van der Waals surface area contributed by atoms with E-state index in [9.17, 15) is 4.79 Å². The van der Waals surface area contributed by atoms with Gasteiger partial charge >= 0.3 is 0 Å². The summed E-state index contributed by atoms with van der Waals surface area (Å²) in [5.74, 6) is -0.0446. The van der Waals surface area contributed by atoms with Crippen LogP contribution in [-0.4, -0.2) is 51.8 Å². The van der Waals surface area contributed by atoms with Gasteiger partial charge in [-0.05, 0) is 64.0 Å². The molecule has 0 unspecified atom stereocenters. The first-order valence-electron chi connectivity index (χ1n) is 10.3. The van der Waals surface area contributed by atoms with Crippen LogP contribution >= 0.6 is 11.3 Å². The minimum Gasteiger partial charge on any atom is -0.302 e. The number of aryl methyl sites for hydroxylation is 2. The largest absolute Gasteiger partial charge is 0.302 e. The number of aromatic nitrogens is 3. The summed E-state index contributed by atoms with van der Waals surface area (Å²) in [6.07, 6.45) is 1.70. The average Bonchev–Trinajstić information content (AvgIpc) is 3.35. The monoisotopic (exact) mass is 413 g/mol. The number of anilines is 1. The Kier molecular flexibility index (Phi) is 6.70. The van der Waals surface area contributed by atoms with Gasteiger partial charge in [-0.15, -0.1) is 0 Å². The fraction of sp³-hybridized carbons (Fsp3) is 0.500. The summed E-state index contributed by atoms with van der Waals surface area (Å²) in [7, 11) is 0. The molecule has 0 bridgehead atoms. The van der Waals surface area contributed by atoms with Crippen LogP contribution in [0, 0.1) is 13.8 Å². The van der Waals surface area contributed by atoms with E-state index in [1.165, 1.54) is 11.1 Å². The second-order valence-electron chi connectivity index (χ2n) is 7.59. The maximum Gasteiger partial charge on any atom is 0.278 e. The second kappa shape index (κ2) is 9.05. The first-order chi connectivity index (χ1) is 13.9. The molecule has 0 saturated heterocycles. The maximum atomic E-state index is 13.6. The Balaban J connectivity index is 2.02. The minimum atomic E-state index is -0.0446. The van der Waals surface area contributed by atoms with Gasteiger partial charge in [-0.2, -0.15) is 5.10 Å². The molecule has 0 saturated carbocycles. The van der Waals surface area contributed by atoms with E-state index in [1.54, 1.807) is 28.3 Å². The molecule has 0 aliphatic rings. The predicted molar refractivity (Wildman–Crippen MR) is 121 cm³/mol. The number of benzene rings is 1. The molecule has 0 N–H and O–H groups in total. The van der Waals surface area contributed by atoms with E-state index in [2.05, 4.69) is 49.8 Å². The Morgan fingerprint density at radius 2 is 1.86 bits per heavy atom. The summed E-state index contributed by atoms with van der Waals surface area (Å²) in [5, 5.41) is 5.10. The van der Waals surface area contributed by atoms with Gasteiger partial charge in [0.25, 0.3) is 5.91 Å². The van der Waals surface area contributed by atoms with Crippen LogP contribution in [0.25, 0.3) is 10.2 Å². The zero-order chi connectivity index (χ0) is 21.1. The fourth-order valence-corrected chi connectivity index (χ4v) is 4.48. The highest BCUT2D eigenvalue weighted by molar-refractivity contribution is 7.22. The first-order valence-corrected chi connectivity index (χ1v) is 11.1. The van der Waals surface area contributed by atoms with Gasteiger partial charge in [0.15, 0.2) is 5.13 Å². The smallest absolute Gasteiger partial charge is 0.278 e. The number of hydrogen-bond acceptors (Lipinski definition) is 5. The molecule has 0 atom stereocenters. The zero-order valence-electron chi connectivity index (χ0n) is 18.3. The van der Waals surface area contributed by atoms with E-state index in [1.807, 2.05) is 18.7 Å². The molecule has 1 aromatic carbocycles. The van der Waals surface area contributed by atoms with Gasteiger partial charge in [0, 0.05) is 25.3 Å². The van der Waals surface area contributed by atoms with Crippen molar-refractivity contribution in [3.8, 4) is 0 Å². The van der Waals surface area contributed by atoms with Crippen LogP contribution in [0.5, 0.6) is 0 Å². The van der Waals surface area contributed by atoms with Crippen molar-refractivity contribution in [1.82, 2.24) is 19.7 Å². The molecule has 3 aromatic rings. The molecule has 1 amide bonds. The summed E-state index contributed by atoms with van der Waals surface area (Å²) in [6, 6.07) is 6.14. The van der Waals surface area contributed by atoms with Crippen molar-refractivity contribution < 1.29 is 4.79 Å². The molecule has 156 valence electrons. The SMILES string of the molecule is CCN(CC)CCN(C(=O)c1ccnn1C(C)C)c1nc2c(C)c(C)ccc2s1. The second-order valence-corrected chi connectivity index (χ2v) is 8.60. The number of rotatable bonds is 8. The van der Waals surface area contributed by atoms with E-state index in [0.717, 1.165) is 35.0 Å². The van der Waals surface area contributed by atoms with Gasteiger partial charge in [-0.3, -0.25) is 14.4 Å². The van der Waals surface area contributed by atoms with E-state index < -0.39 is 0 Å². The molecule has 29 heavy (non-hydrogen) atoms. The Morgan fingerprint density at radius 1 is 1.14 bits per heavy atom. The first kappa shape index (κ1) is 21.5. The molecule has 7 heteroatoms. The number of carbonyl (C=O) groups excluding carboxylic acids is 1. The third kappa shape index (κ3) is 4.36. The van der Waals surface area contributed by atoms with Gasteiger partial charge in [0.05, 0.1) is 10.2 Å². The highest BCUT2D eigenvalue weighted by atomic mass is 32.1. The van der Waals surface area contributed by atoms with E-state index in [4.69, 9.17) is 4.98 Å². The van der Waals surface area contributed by atoms with E-state index in [-0.39, 0.29) is 11.9 Å². The number of carbonyl (C=O) groups is 1. The van der Waals surface area contributed by atoms with Crippen LogP contribution in [0.2, 0.25) is 0 Å². The molecular weight excluding hydrogens is 382 g/mol. The van der Waals surface area contributed by atoms with Gasteiger partial charge in [0.1, 0.15) is 5.69 Å². The number of nitrogens with zero attached hydrogens (tertiary/aromatic N) is 5. The number of amides is 1. The number of hydrogen-bond donors (Lipinski definition) is 0. The molecule has 0 aliphatic carbocycles. The summed E-state index contributed by atoms with van der Waals surface area (Å²) in [6.45, 7) is 15.9. The summed E-state index contributed by atoms with van der Waals surface area (Å²) >= 11 is 1.58. The Morgan fingerprint density at radius 3 is 2.52 bits per heavy atom. The zero-order valence-corrected chi connectivity index (χ0v) is 19.1. The van der Waals surface area contributed by atoms with E-state index >= 15 is 0 Å². The highest BCUT2D eigenvalue weighted by Crippen LogP contribution is 2.32. The Hall–Kier alpha value is -2.25. The van der Waals surface area contributed by atoms with Crippen LogP contribution in [0.15, 0.2) is 24.4 Å². The number of thiazole rings is 1. The fourth-order valence-electron chi connectivity index (χ4n) is 3.43. The van der Waals surface area contributed by atoms with Crippen LogP contribution < -0.4 is 4.90 Å². The Labute approximate surface area is 177 Å². The molecule has 2 aromatic heterocycles. The molecule has 0 aliphatic heterocycles. The van der Waals surface area contributed by atoms with Gasteiger partial charge in [-0.1, -0.05) is 31.3 Å². The van der Waals surface area contributed by atoms with Crippen molar-refractivity contribution in [3.63, 3.8) is 0 Å². The molecule has 6 nitrogen and oxygen atoms in total. The number of fused-ring (bicyclic) bond motifs is 1. The molecule has 0 radical (unpaired) electrons. The van der Waals surface area contributed by atoms with Crippen molar-refractivity contribution in [1.29, 1.82) is 0 Å². The lowest BCUT2D eigenvalue weighted by Crippen LogP contribution is -2.39. The average molecular weight is 414 g/mol. The summed E-state index contributed by atoms with van der Waals surface area (Å²) in [5.41, 5.74) is 3.98. The van der Waals surface area contributed by atoms with E-state index in [0.29, 0.717) is 12.2 Å². The molecule has 2 heterocycles. The molecular formula is C22H31N5OS. The topological polar surface area (TPSA) is 54.3 Å². The van der Waals surface area contributed by atoms with Gasteiger partial charge < -0.3 is 4.90 Å². The van der Waals surface area contributed by atoms with Crippen molar-refractivity contribution in [2.75, 3.05) is 31.1 Å². The molecule has 0 spiro atoms. The number of likely N-dealkylation sites (N-methyl/N-ethyl adjacent to an activating group) is 1. The minimum absolute atomic E-state index is 0.0446. The third-order valence-electron chi connectivity index (χ3n) is 5.46. The van der Waals surface area contributed by atoms with Crippen molar-refractivity contribution in [2.45, 2.75) is 47.6 Å². The lowest BCUT2D eigenvalue weighted by Gasteiger charge is -2.25. The lowest BCUT2D eigenvalue weighted by atomic mass is 10.1. The van der Waals surface area contributed by atoms with Crippen molar-refractivity contribution in [3.05, 3.63) is 41.2 Å². The highest BCUT2D eigenvalue weighted by Gasteiger charge is 2.25.